The summed E-state index contributed by atoms with van der Waals surface area (Å²) in [6.07, 6.45) is 0. The number of nitrogens with zero attached hydrogens (tertiary/aromatic N) is 1. The second-order valence-electron chi connectivity index (χ2n) is 7.19. The summed E-state index contributed by atoms with van der Waals surface area (Å²) in [7, 11) is 0. The summed E-state index contributed by atoms with van der Waals surface area (Å²) in [5.74, 6) is -3.52. The fourth-order valence-electron chi connectivity index (χ4n) is 3.24. The van der Waals surface area contributed by atoms with E-state index in [0.29, 0.717) is 5.56 Å². The molecule has 0 bridgehead atoms. The lowest BCUT2D eigenvalue weighted by molar-refractivity contribution is -0.153. The second kappa shape index (κ2) is 8.86. The zero-order valence-electron chi connectivity index (χ0n) is 16.6. The molecule has 1 aliphatic heterocycles. The van der Waals surface area contributed by atoms with Gasteiger partial charge in [-0.25, -0.2) is 9.18 Å². The van der Waals surface area contributed by atoms with E-state index in [1.54, 1.807) is 32.0 Å². The van der Waals surface area contributed by atoms with Gasteiger partial charge in [-0.3, -0.25) is 19.3 Å². The van der Waals surface area contributed by atoms with Crippen molar-refractivity contribution < 1.29 is 28.3 Å². The van der Waals surface area contributed by atoms with Crippen LogP contribution in [0.4, 0.5) is 4.39 Å². The number of rotatable bonds is 7. The smallest absolute Gasteiger partial charge is 0.330 e. The maximum absolute atomic E-state index is 13.6. The van der Waals surface area contributed by atoms with E-state index in [1.807, 2.05) is 0 Å². The molecular formula is C22H21FN2O5. The summed E-state index contributed by atoms with van der Waals surface area (Å²) in [5.41, 5.74) is 0.746. The maximum Gasteiger partial charge on any atom is 0.330 e. The van der Waals surface area contributed by atoms with E-state index in [0.717, 1.165) is 4.90 Å². The largest absolute Gasteiger partial charge is 0.454 e. The van der Waals surface area contributed by atoms with Gasteiger partial charge >= 0.3 is 5.97 Å². The SMILES string of the molecule is CC(C)[C@H](C(=O)OCC(=O)NCc1ccccc1F)N1C(=O)c2ccccc2C1=O. The fraction of sp³-hybridized carbons (Fsp3) is 0.273. The molecule has 8 heteroatoms. The van der Waals surface area contributed by atoms with Crippen molar-refractivity contribution in [2.24, 2.45) is 5.92 Å². The molecule has 2 aromatic rings. The molecule has 0 saturated carbocycles. The minimum atomic E-state index is -1.17. The van der Waals surface area contributed by atoms with Gasteiger partial charge in [-0.15, -0.1) is 0 Å². The quantitative estimate of drug-likeness (QED) is 0.557. The molecule has 1 heterocycles. The van der Waals surface area contributed by atoms with Crippen LogP contribution in [-0.2, 0) is 20.9 Å². The van der Waals surface area contributed by atoms with E-state index in [4.69, 9.17) is 4.74 Å². The van der Waals surface area contributed by atoms with E-state index in [9.17, 15) is 23.6 Å². The zero-order chi connectivity index (χ0) is 21.8. The third kappa shape index (κ3) is 4.22. The number of carbonyl (C=O) groups excluding carboxylic acids is 4. The van der Waals surface area contributed by atoms with Crippen LogP contribution in [0.3, 0.4) is 0 Å². The van der Waals surface area contributed by atoms with E-state index in [1.165, 1.54) is 30.3 Å². The molecule has 0 aliphatic carbocycles. The number of ether oxygens (including phenoxy) is 1. The molecule has 3 amide bonds. The van der Waals surface area contributed by atoms with Gasteiger partial charge in [0.25, 0.3) is 17.7 Å². The van der Waals surface area contributed by atoms with E-state index < -0.39 is 48.1 Å². The van der Waals surface area contributed by atoms with Gasteiger partial charge in [0.05, 0.1) is 11.1 Å². The number of hydrogen-bond donors (Lipinski definition) is 1. The molecule has 156 valence electrons. The summed E-state index contributed by atoms with van der Waals surface area (Å²) in [6.45, 7) is 2.68. The molecule has 1 atom stereocenters. The van der Waals surface area contributed by atoms with Gasteiger partial charge in [0.15, 0.2) is 6.61 Å². The predicted molar refractivity (Wildman–Crippen MR) is 105 cm³/mol. The number of fused-ring (bicyclic) bond motifs is 1. The standard InChI is InChI=1S/C22H21FN2O5/c1-13(2)19(25-20(27)15-8-4-5-9-16(15)21(25)28)22(29)30-12-18(26)24-11-14-7-3-6-10-17(14)23/h3-10,13,19H,11-12H2,1-2H3,(H,24,26)/t19-/m1/s1. The monoisotopic (exact) mass is 412 g/mol. The van der Waals surface area contributed by atoms with Crippen LogP contribution < -0.4 is 5.32 Å². The number of benzene rings is 2. The molecule has 0 saturated heterocycles. The Morgan fingerprint density at radius 3 is 2.13 bits per heavy atom. The Morgan fingerprint density at radius 2 is 1.57 bits per heavy atom. The zero-order valence-corrected chi connectivity index (χ0v) is 16.6. The number of halogens is 1. The summed E-state index contributed by atoms with van der Waals surface area (Å²) in [5, 5.41) is 2.46. The molecule has 0 spiro atoms. The molecular weight excluding hydrogens is 391 g/mol. The summed E-state index contributed by atoms with van der Waals surface area (Å²) in [6, 6.07) is 11.1. The lowest BCUT2D eigenvalue weighted by atomic mass is 10.0. The van der Waals surface area contributed by atoms with Gasteiger partial charge in [0.1, 0.15) is 11.9 Å². The van der Waals surface area contributed by atoms with Crippen LogP contribution >= 0.6 is 0 Å². The average molecular weight is 412 g/mol. The highest BCUT2D eigenvalue weighted by molar-refractivity contribution is 6.22. The molecule has 0 fully saturated rings. The Hall–Kier alpha value is -3.55. The third-order valence-electron chi connectivity index (χ3n) is 4.76. The first-order valence-electron chi connectivity index (χ1n) is 9.45. The first kappa shape index (κ1) is 21.2. The van der Waals surface area contributed by atoms with E-state index in [-0.39, 0.29) is 17.7 Å². The number of carbonyl (C=O) groups is 4. The van der Waals surface area contributed by atoms with Gasteiger partial charge in [-0.05, 0) is 24.1 Å². The number of esters is 1. The lowest BCUT2D eigenvalue weighted by Crippen LogP contribution is -2.49. The van der Waals surface area contributed by atoms with Crippen molar-refractivity contribution in [3.8, 4) is 0 Å². The highest BCUT2D eigenvalue weighted by Crippen LogP contribution is 2.27. The Morgan fingerprint density at radius 1 is 1.00 bits per heavy atom. The minimum absolute atomic E-state index is 0.0604. The summed E-state index contributed by atoms with van der Waals surface area (Å²) < 4.78 is 18.7. The Bertz CT molecular complexity index is 970. The lowest BCUT2D eigenvalue weighted by Gasteiger charge is -2.27. The maximum atomic E-state index is 13.6. The number of amides is 3. The van der Waals surface area contributed by atoms with Gasteiger partial charge in [-0.1, -0.05) is 44.2 Å². The normalized spacial score (nSPS) is 13.9. The van der Waals surface area contributed by atoms with Gasteiger partial charge < -0.3 is 10.1 Å². The molecule has 7 nitrogen and oxygen atoms in total. The molecule has 2 aromatic carbocycles. The molecule has 30 heavy (non-hydrogen) atoms. The van der Waals surface area contributed by atoms with Crippen LogP contribution in [0.25, 0.3) is 0 Å². The minimum Gasteiger partial charge on any atom is -0.454 e. The van der Waals surface area contributed by atoms with Crippen molar-refractivity contribution in [3.63, 3.8) is 0 Å². The first-order chi connectivity index (χ1) is 14.3. The highest BCUT2D eigenvalue weighted by atomic mass is 19.1. The van der Waals surface area contributed by atoms with E-state index >= 15 is 0 Å². The van der Waals surface area contributed by atoms with Crippen LogP contribution in [0.1, 0.15) is 40.1 Å². The Kier molecular flexibility index (Phi) is 6.25. The van der Waals surface area contributed by atoms with Crippen molar-refractivity contribution in [1.29, 1.82) is 0 Å². The van der Waals surface area contributed by atoms with Crippen molar-refractivity contribution in [2.75, 3.05) is 6.61 Å². The van der Waals surface area contributed by atoms with E-state index in [2.05, 4.69) is 5.32 Å². The number of imide groups is 1. The molecule has 3 rings (SSSR count). The predicted octanol–water partition coefficient (Wildman–Crippen LogP) is 2.31. The van der Waals surface area contributed by atoms with Crippen molar-refractivity contribution in [3.05, 3.63) is 71.0 Å². The highest BCUT2D eigenvalue weighted by Gasteiger charge is 2.44. The van der Waals surface area contributed by atoms with Crippen LogP contribution in [0.5, 0.6) is 0 Å². The number of nitrogens with one attached hydrogen (secondary N) is 1. The topological polar surface area (TPSA) is 92.8 Å². The van der Waals surface area contributed by atoms with Gasteiger partial charge in [-0.2, -0.15) is 0 Å². The molecule has 0 aromatic heterocycles. The van der Waals surface area contributed by atoms with Crippen LogP contribution in [-0.4, -0.2) is 41.2 Å². The summed E-state index contributed by atoms with van der Waals surface area (Å²) >= 11 is 0. The second-order valence-corrected chi connectivity index (χ2v) is 7.19. The molecule has 0 radical (unpaired) electrons. The van der Waals surface area contributed by atoms with Gasteiger partial charge in [0.2, 0.25) is 0 Å². The Labute approximate surface area is 172 Å². The molecule has 0 unspecified atom stereocenters. The Balaban J connectivity index is 1.63. The van der Waals surface area contributed by atoms with Crippen molar-refractivity contribution in [2.45, 2.75) is 26.4 Å². The van der Waals surface area contributed by atoms with Crippen molar-refractivity contribution in [1.82, 2.24) is 10.2 Å². The van der Waals surface area contributed by atoms with Gasteiger partial charge in [0, 0.05) is 12.1 Å². The third-order valence-corrected chi connectivity index (χ3v) is 4.76. The van der Waals surface area contributed by atoms with Crippen LogP contribution in [0.15, 0.2) is 48.5 Å². The van der Waals surface area contributed by atoms with Crippen LogP contribution in [0.2, 0.25) is 0 Å². The average Bonchev–Trinajstić information content (AvgIpc) is 2.97. The number of hydrogen-bond acceptors (Lipinski definition) is 5. The fourth-order valence-corrected chi connectivity index (χ4v) is 3.24. The van der Waals surface area contributed by atoms with Crippen LogP contribution in [0, 0.1) is 11.7 Å². The van der Waals surface area contributed by atoms with Crippen molar-refractivity contribution >= 4 is 23.7 Å². The first-order valence-corrected chi connectivity index (χ1v) is 9.45. The summed E-state index contributed by atoms with van der Waals surface area (Å²) in [4.78, 5) is 50.9. The molecule has 1 aliphatic rings. The molecule has 1 N–H and O–H groups in total.